The number of methoxy groups -OCH3 is 1. The Kier molecular flexibility index (Phi) is 3.29. The molecule has 1 amide bonds. The lowest BCUT2D eigenvalue weighted by Gasteiger charge is -2.05. The number of nitrogens with two attached hydrogens (primary N) is 1. The van der Waals surface area contributed by atoms with E-state index in [-0.39, 0.29) is 0 Å². The summed E-state index contributed by atoms with van der Waals surface area (Å²) < 4.78 is 5.16. The minimum absolute atomic E-state index is 0.465. The number of hydrogen-bond acceptors (Lipinski definition) is 2. The van der Waals surface area contributed by atoms with Crippen molar-refractivity contribution in [1.82, 2.24) is 0 Å². The third-order valence-electron chi connectivity index (χ3n) is 1.82. The second-order valence-electron chi connectivity index (χ2n) is 2.98. The highest BCUT2D eigenvalue weighted by atomic mass is 16.5. The van der Waals surface area contributed by atoms with E-state index >= 15 is 0 Å². The molecule has 0 heterocycles. The topological polar surface area (TPSA) is 52.3 Å². The van der Waals surface area contributed by atoms with Gasteiger partial charge >= 0.3 is 0 Å². The zero-order valence-electron chi connectivity index (χ0n) is 8.28. The van der Waals surface area contributed by atoms with E-state index in [2.05, 4.69) is 0 Å². The Hall–Kier alpha value is -1.77. The summed E-state index contributed by atoms with van der Waals surface area (Å²) in [7, 11) is 1.59. The van der Waals surface area contributed by atoms with Crippen LogP contribution in [0.15, 0.2) is 24.3 Å². The van der Waals surface area contributed by atoms with Gasteiger partial charge in [-0.25, -0.2) is 0 Å². The number of amides is 1. The predicted molar refractivity (Wildman–Crippen MR) is 56.0 cm³/mol. The third-order valence-corrected chi connectivity index (χ3v) is 1.82. The van der Waals surface area contributed by atoms with Gasteiger partial charge in [-0.15, -0.1) is 0 Å². The molecule has 0 radical (unpaired) electrons. The first-order valence-electron chi connectivity index (χ1n) is 4.25. The molecule has 0 aromatic heterocycles. The van der Waals surface area contributed by atoms with Crippen LogP contribution in [-0.2, 0) is 4.79 Å². The van der Waals surface area contributed by atoms with Gasteiger partial charge in [-0.05, 0) is 24.6 Å². The van der Waals surface area contributed by atoms with Crippen molar-refractivity contribution < 1.29 is 9.53 Å². The Morgan fingerprint density at radius 3 is 2.79 bits per heavy atom. The van der Waals surface area contributed by atoms with Crippen molar-refractivity contribution in [2.45, 2.75) is 6.92 Å². The summed E-state index contributed by atoms with van der Waals surface area (Å²) in [6.07, 6.45) is 2.95. The molecule has 2 N–H and O–H groups in total. The molecular weight excluding hydrogens is 178 g/mol. The second-order valence-corrected chi connectivity index (χ2v) is 2.98. The van der Waals surface area contributed by atoms with E-state index in [9.17, 15) is 4.79 Å². The highest BCUT2D eigenvalue weighted by Crippen LogP contribution is 2.20. The molecule has 74 valence electrons. The van der Waals surface area contributed by atoms with Crippen molar-refractivity contribution in [3.05, 3.63) is 35.4 Å². The molecule has 1 aromatic carbocycles. The average molecular weight is 191 g/mol. The van der Waals surface area contributed by atoms with Crippen LogP contribution in [0.1, 0.15) is 11.1 Å². The van der Waals surface area contributed by atoms with Gasteiger partial charge in [0.2, 0.25) is 5.91 Å². The fraction of sp³-hybridized carbons (Fsp3) is 0.182. The first kappa shape index (κ1) is 10.3. The summed E-state index contributed by atoms with van der Waals surface area (Å²) >= 11 is 0. The average Bonchev–Trinajstić information content (AvgIpc) is 2.15. The Bertz CT molecular complexity index is 370. The Labute approximate surface area is 83.2 Å². The molecule has 0 saturated heterocycles. The zero-order valence-corrected chi connectivity index (χ0v) is 8.28. The molecule has 0 unspecified atom stereocenters. The molecule has 0 aliphatic carbocycles. The highest BCUT2D eigenvalue weighted by molar-refractivity contribution is 5.90. The van der Waals surface area contributed by atoms with Crippen LogP contribution in [0.3, 0.4) is 0 Å². The van der Waals surface area contributed by atoms with Crippen molar-refractivity contribution in [2.75, 3.05) is 7.11 Å². The lowest BCUT2D eigenvalue weighted by atomic mass is 10.1. The van der Waals surface area contributed by atoms with Crippen molar-refractivity contribution >= 4 is 12.0 Å². The molecule has 0 aliphatic rings. The first-order chi connectivity index (χ1) is 6.63. The molecule has 14 heavy (non-hydrogen) atoms. The maximum absolute atomic E-state index is 10.5. The fourth-order valence-corrected chi connectivity index (χ4v) is 1.13. The molecule has 0 fully saturated rings. The highest BCUT2D eigenvalue weighted by Gasteiger charge is 1.99. The van der Waals surface area contributed by atoms with Crippen LogP contribution >= 0.6 is 0 Å². The maximum atomic E-state index is 10.5. The van der Waals surface area contributed by atoms with Gasteiger partial charge in [0.1, 0.15) is 5.75 Å². The van der Waals surface area contributed by atoms with Crippen LogP contribution in [0, 0.1) is 6.92 Å². The van der Waals surface area contributed by atoms with Crippen LogP contribution in [-0.4, -0.2) is 13.0 Å². The molecule has 3 nitrogen and oxygen atoms in total. The van der Waals surface area contributed by atoms with Gasteiger partial charge in [-0.1, -0.05) is 12.1 Å². The number of primary amides is 1. The molecular formula is C11H13NO2. The monoisotopic (exact) mass is 191 g/mol. The van der Waals surface area contributed by atoms with E-state index in [1.54, 1.807) is 13.2 Å². The number of aryl methyl sites for hydroxylation is 1. The molecule has 0 bridgehead atoms. The van der Waals surface area contributed by atoms with Crippen molar-refractivity contribution in [3.63, 3.8) is 0 Å². The van der Waals surface area contributed by atoms with Crippen LogP contribution < -0.4 is 10.5 Å². The van der Waals surface area contributed by atoms with E-state index in [1.165, 1.54) is 6.08 Å². The number of benzene rings is 1. The standard InChI is InChI=1S/C11H13NO2/c1-8-3-4-9(5-6-11(12)13)10(7-8)14-2/h3-7H,1-2H3,(H2,12,13)/b6-5+. The largest absolute Gasteiger partial charge is 0.496 e. The van der Waals surface area contributed by atoms with E-state index in [0.29, 0.717) is 0 Å². The minimum Gasteiger partial charge on any atom is -0.496 e. The number of rotatable bonds is 3. The van der Waals surface area contributed by atoms with Gasteiger partial charge in [-0.2, -0.15) is 0 Å². The number of carbonyl (C=O) groups is 1. The van der Waals surface area contributed by atoms with Gasteiger partial charge in [0, 0.05) is 11.6 Å². The van der Waals surface area contributed by atoms with E-state index in [1.807, 2.05) is 25.1 Å². The molecule has 0 spiro atoms. The summed E-state index contributed by atoms with van der Waals surface area (Å²) in [4.78, 5) is 10.5. The summed E-state index contributed by atoms with van der Waals surface area (Å²) in [5, 5.41) is 0. The molecule has 1 rings (SSSR count). The fourth-order valence-electron chi connectivity index (χ4n) is 1.13. The van der Waals surface area contributed by atoms with Gasteiger partial charge in [0.05, 0.1) is 7.11 Å². The van der Waals surface area contributed by atoms with Crippen molar-refractivity contribution in [2.24, 2.45) is 5.73 Å². The lowest BCUT2D eigenvalue weighted by molar-refractivity contribution is -0.113. The number of ether oxygens (including phenoxy) is 1. The van der Waals surface area contributed by atoms with E-state index < -0.39 is 5.91 Å². The van der Waals surface area contributed by atoms with Crippen molar-refractivity contribution in [1.29, 1.82) is 0 Å². The Balaban J connectivity index is 3.02. The molecule has 0 aliphatic heterocycles. The Morgan fingerprint density at radius 2 is 2.21 bits per heavy atom. The summed E-state index contributed by atoms with van der Waals surface area (Å²) in [6, 6.07) is 5.73. The smallest absolute Gasteiger partial charge is 0.241 e. The van der Waals surface area contributed by atoms with Crippen molar-refractivity contribution in [3.8, 4) is 5.75 Å². The second kappa shape index (κ2) is 4.46. The number of hydrogen-bond donors (Lipinski definition) is 1. The van der Waals surface area contributed by atoms with E-state index in [4.69, 9.17) is 10.5 Å². The quantitative estimate of drug-likeness (QED) is 0.736. The lowest BCUT2D eigenvalue weighted by Crippen LogP contribution is -2.05. The Morgan fingerprint density at radius 1 is 1.50 bits per heavy atom. The van der Waals surface area contributed by atoms with Crippen LogP contribution in [0.2, 0.25) is 0 Å². The minimum atomic E-state index is -0.465. The van der Waals surface area contributed by atoms with Gasteiger partial charge in [0.25, 0.3) is 0 Å². The summed E-state index contributed by atoms with van der Waals surface area (Å²) in [6.45, 7) is 1.98. The zero-order chi connectivity index (χ0) is 10.6. The normalized spacial score (nSPS) is 10.4. The maximum Gasteiger partial charge on any atom is 0.241 e. The number of carbonyl (C=O) groups excluding carboxylic acids is 1. The molecule has 0 atom stereocenters. The van der Waals surface area contributed by atoms with Crippen LogP contribution in [0.25, 0.3) is 6.08 Å². The van der Waals surface area contributed by atoms with Gasteiger partial charge in [0.15, 0.2) is 0 Å². The first-order valence-corrected chi connectivity index (χ1v) is 4.25. The summed E-state index contributed by atoms with van der Waals surface area (Å²) in [5.41, 5.74) is 6.95. The molecule has 0 saturated carbocycles. The molecule has 3 heteroatoms. The van der Waals surface area contributed by atoms with Crippen LogP contribution in [0.4, 0.5) is 0 Å². The molecule has 1 aromatic rings. The SMILES string of the molecule is COc1cc(C)ccc1/C=C/C(N)=O. The van der Waals surface area contributed by atoms with E-state index in [0.717, 1.165) is 16.9 Å². The predicted octanol–water partition coefficient (Wildman–Crippen LogP) is 1.50. The summed E-state index contributed by atoms with van der Waals surface area (Å²) in [5.74, 6) is 0.273. The van der Waals surface area contributed by atoms with Gasteiger partial charge < -0.3 is 10.5 Å². The van der Waals surface area contributed by atoms with Crippen LogP contribution in [0.5, 0.6) is 5.75 Å². The third kappa shape index (κ3) is 2.62. The van der Waals surface area contributed by atoms with Gasteiger partial charge in [-0.3, -0.25) is 4.79 Å².